The average Bonchev–Trinajstić information content (AvgIpc) is 3.29. The molecule has 3 unspecified atom stereocenters. The molecule has 1 aromatic heterocycles. The number of hydrogen-bond acceptors (Lipinski definition) is 8. The maximum atomic E-state index is 13.2. The number of fused-ring (bicyclic) bond motifs is 1. The molecule has 1 aromatic rings. The molecule has 3 aliphatic heterocycles. The second kappa shape index (κ2) is 11.2. The summed E-state index contributed by atoms with van der Waals surface area (Å²) in [5.41, 5.74) is 0. The first-order valence-electron chi connectivity index (χ1n) is 14.9. The van der Waals surface area contributed by atoms with Gasteiger partial charge in [-0.25, -0.2) is 9.78 Å². The molecule has 1 amide bonds. The first kappa shape index (κ1) is 25.6. The van der Waals surface area contributed by atoms with Crippen LogP contribution in [0.2, 0.25) is 0 Å². The third kappa shape index (κ3) is 5.28. The van der Waals surface area contributed by atoms with E-state index in [0.717, 1.165) is 70.0 Å². The maximum Gasteiger partial charge on any atom is 0.410 e. The highest BCUT2D eigenvalue weighted by atomic mass is 16.6. The molecule has 3 atom stereocenters. The quantitative estimate of drug-likeness (QED) is 0.573. The maximum absolute atomic E-state index is 13.2. The van der Waals surface area contributed by atoms with Gasteiger partial charge in [-0.2, -0.15) is 4.98 Å². The molecule has 2 N–H and O–H groups in total. The summed E-state index contributed by atoms with van der Waals surface area (Å²) < 4.78 is 6.06. The van der Waals surface area contributed by atoms with Crippen molar-refractivity contribution >= 4 is 23.8 Å². The van der Waals surface area contributed by atoms with Crippen molar-refractivity contribution in [2.45, 2.75) is 107 Å². The largest absolute Gasteiger partial charge is 0.481 e. The Morgan fingerprint density at radius 1 is 0.921 bits per heavy atom. The molecule has 38 heavy (non-hydrogen) atoms. The molecule has 0 aromatic carbocycles. The van der Waals surface area contributed by atoms with Crippen LogP contribution in [0.3, 0.4) is 0 Å². The van der Waals surface area contributed by atoms with Crippen molar-refractivity contribution < 1.29 is 19.4 Å². The van der Waals surface area contributed by atoms with E-state index in [9.17, 15) is 14.7 Å². The number of carbonyl (C=O) groups excluding carboxylic acids is 1. The van der Waals surface area contributed by atoms with Gasteiger partial charge in [0.2, 0.25) is 5.95 Å². The van der Waals surface area contributed by atoms with Crippen LogP contribution in [-0.4, -0.2) is 93.4 Å². The second-order valence-electron chi connectivity index (χ2n) is 11.9. The number of aromatic nitrogens is 2. The Labute approximate surface area is 225 Å². The first-order valence-corrected chi connectivity index (χ1v) is 14.9. The zero-order valence-corrected chi connectivity index (χ0v) is 22.3. The van der Waals surface area contributed by atoms with Crippen LogP contribution >= 0.6 is 0 Å². The lowest BCUT2D eigenvalue weighted by molar-refractivity contribution is -0.143. The van der Waals surface area contributed by atoms with E-state index in [-0.39, 0.29) is 36.2 Å². The van der Waals surface area contributed by atoms with Gasteiger partial charge in [0.15, 0.2) is 0 Å². The molecule has 0 radical (unpaired) electrons. The summed E-state index contributed by atoms with van der Waals surface area (Å²) >= 11 is 0. The Hall–Kier alpha value is -2.62. The number of carboxylic acids is 1. The molecule has 2 saturated carbocycles. The lowest BCUT2D eigenvalue weighted by Gasteiger charge is -2.44. The van der Waals surface area contributed by atoms with Gasteiger partial charge in [0.05, 0.1) is 12.0 Å². The van der Waals surface area contributed by atoms with Crippen LogP contribution in [0.1, 0.15) is 77.0 Å². The number of anilines is 2. The second-order valence-corrected chi connectivity index (χ2v) is 11.9. The predicted molar refractivity (Wildman–Crippen MR) is 143 cm³/mol. The number of likely N-dealkylation sites (tertiary alicyclic amines) is 1. The van der Waals surface area contributed by atoms with Crippen molar-refractivity contribution in [3.05, 3.63) is 12.3 Å². The smallest absolute Gasteiger partial charge is 0.410 e. The summed E-state index contributed by atoms with van der Waals surface area (Å²) in [6, 6.07) is 2.98. The molecule has 0 bridgehead atoms. The summed E-state index contributed by atoms with van der Waals surface area (Å²) in [6.45, 7) is 3.27. The number of carboxylic acid groups (broad SMARTS) is 1. The fraction of sp³-hybridized carbons (Fsp3) is 0.786. The molecule has 2 aliphatic carbocycles. The topological polar surface area (TPSA) is 111 Å². The van der Waals surface area contributed by atoms with Crippen molar-refractivity contribution in [2.24, 2.45) is 5.92 Å². The van der Waals surface area contributed by atoms with E-state index in [2.05, 4.69) is 25.0 Å². The van der Waals surface area contributed by atoms with E-state index < -0.39 is 5.97 Å². The van der Waals surface area contributed by atoms with Gasteiger partial charge in [-0.1, -0.05) is 19.3 Å². The van der Waals surface area contributed by atoms with Crippen LogP contribution in [0.25, 0.3) is 0 Å². The SMILES string of the molecule is O=C(O)C1CCN(C2CCCC3C2OC(=O)N3C2CCN(c3ccnc(NC4CCCCC4)n3)CC2)CC1. The van der Waals surface area contributed by atoms with E-state index in [1.54, 1.807) is 0 Å². The fourth-order valence-corrected chi connectivity index (χ4v) is 7.57. The van der Waals surface area contributed by atoms with Gasteiger partial charge in [-0.15, -0.1) is 0 Å². The zero-order chi connectivity index (χ0) is 26.1. The Kier molecular flexibility index (Phi) is 7.59. The molecule has 5 fully saturated rings. The molecule has 5 aliphatic rings. The van der Waals surface area contributed by atoms with Gasteiger partial charge in [0.1, 0.15) is 11.9 Å². The summed E-state index contributed by atoms with van der Waals surface area (Å²) in [6.07, 6.45) is 14.1. The first-order chi connectivity index (χ1) is 18.6. The summed E-state index contributed by atoms with van der Waals surface area (Å²) in [5.74, 6) is 0.756. The van der Waals surface area contributed by atoms with Gasteiger partial charge in [0, 0.05) is 37.4 Å². The molecular weight excluding hydrogens is 484 g/mol. The van der Waals surface area contributed by atoms with Crippen LogP contribution in [0.5, 0.6) is 0 Å². The third-order valence-electron chi connectivity index (χ3n) is 9.67. The number of hydrogen-bond donors (Lipinski definition) is 2. The third-order valence-corrected chi connectivity index (χ3v) is 9.67. The highest BCUT2D eigenvalue weighted by molar-refractivity contribution is 5.71. The van der Waals surface area contributed by atoms with Crippen LogP contribution in [-0.2, 0) is 9.53 Å². The number of rotatable bonds is 6. The molecule has 0 spiro atoms. The fourth-order valence-electron chi connectivity index (χ4n) is 7.57. The van der Waals surface area contributed by atoms with E-state index in [4.69, 9.17) is 9.72 Å². The zero-order valence-electron chi connectivity index (χ0n) is 22.3. The van der Waals surface area contributed by atoms with Gasteiger partial charge < -0.3 is 20.1 Å². The van der Waals surface area contributed by atoms with Crippen LogP contribution < -0.4 is 10.2 Å². The van der Waals surface area contributed by atoms with Crippen LogP contribution in [0.15, 0.2) is 12.3 Å². The van der Waals surface area contributed by atoms with Crippen molar-refractivity contribution in [1.82, 2.24) is 19.8 Å². The van der Waals surface area contributed by atoms with E-state index in [1.807, 2.05) is 12.3 Å². The molecular formula is C28H42N6O4. The predicted octanol–water partition coefficient (Wildman–Crippen LogP) is 3.73. The van der Waals surface area contributed by atoms with Gasteiger partial charge in [0.25, 0.3) is 0 Å². The van der Waals surface area contributed by atoms with E-state index in [0.29, 0.717) is 18.9 Å². The van der Waals surface area contributed by atoms with Crippen molar-refractivity contribution in [3.63, 3.8) is 0 Å². The molecule has 10 nitrogen and oxygen atoms in total. The highest BCUT2D eigenvalue weighted by Crippen LogP contribution is 2.39. The number of carbonyl (C=O) groups is 2. The Balaban J connectivity index is 1.05. The van der Waals surface area contributed by atoms with E-state index in [1.165, 1.54) is 32.1 Å². The summed E-state index contributed by atoms with van der Waals surface area (Å²) in [5, 5.41) is 12.9. The lowest BCUT2D eigenvalue weighted by atomic mass is 9.84. The number of ether oxygens (including phenoxy) is 1. The molecule has 208 valence electrons. The van der Waals surface area contributed by atoms with Crippen LogP contribution in [0, 0.1) is 5.92 Å². The molecule has 10 heteroatoms. The monoisotopic (exact) mass is 526 g/mol. The average molecular weight is 527 g/mol. The number of amides is 1. The number of aliphatic carboxylic acids is 1. The van der Waals surface area contributed by atoms with Crippen molar-refractivity contribution in [1.29, 1.82) is 0 Å². The Bertz CT molecular complexity index is 987. The minimum absolute atomic E-state index is 0.106. The minimum Gasteiger partial charge on any atom is -0.481 e. The molecule has 4 heterocycles. The minimum atomic E-state index is -0.686. The summed E-state index contributed by atoms with van der Waals surface area (Å²) in [4.78, 5) is 40.6. The Morgan fingerprint density at radius 3 is 2.39 bits per heavy atom. The number of nitrogens with one attached hydrogen (secondary N) is 1. The molecule has 3 saturated heterocycles. The van der Waals surface area contributed by atoms with Crippen LogP contribution in [0.4, 0.5) is 16.6 Å². The van der Waals surface area contributed by atoms with Crippen molar-refractivity contribution in [3.8, 4) is 0 Å². The van der Waals surface area contributed by atoms with Crippen molar-refractivity contribution in [2.75, 3.05) is 36.4 Å². The van der Waals surface area contributed by atoms with Gasteiger partial charge in [-0.05, 0) is 76.9 Å². The number of nitrogens with zero attached hydrogens (tertiary/aromatic N) is 5. The highest BCUT2D eigenvalue weighted by Gasteiger charge is 2.51. The van der Waals surface area contributed by atoms with Gasteiger partial charge >= 0.3 is 12.1 Å². The Morgan fingerprint density at radius 2 is 1.66 bits per heavy atom. The summed E-state index contributed by atoms with van der Waals surface area (Å²) in [7, 11) is 0. The standard InChI is InChI=1S/C28H42N6O4/c35-26(36)19-10-15-32(16-11-19)22-7-4-8-23-25(22)38-28(37)34(23)21-12-17-33(18-13-21)24-9-14-29-27(31-24)30-20-5-2-1-3-6-20/h9,14,19-23,25H,1-8,10-13,15-18H2,(H,35,36)(H,29,30,31). The molecule has 6 rings (SSSR count). The normalized spacial score (nSPS) is 30.2. The number of piperidine rings is 2. The van der Waals surface area contributed by atoms with E-state index >= 15 is 0 Å². The van der Waals surface area contributed by atoms with Gasteiger partial charge in [-0.3, -0.25) is 14.6 Å². The lowest BCUT2D eigenvalue weighted by Crippen LogP contribution is -2.56.